The number of pyridine rings is 1. The van der Waals surface area contributed by atoms with Crippen molar-refractivity contribution in [3.8, 4) is 0 Å². The topological polar surface area (TPSA) is 51.6 Å². The molecule has 2 heterocycles. The maximum Gasteiger partial charge on any atom is 0.168 e. The highest BCUT2D eigenvalue weighted by atomic mass is 35.5. The molecule has 1 aliphatic carbocycles. The fraction of sp³-hybridized carbons (Fsp3) is 0.643. The van der Waals surface area contributed by atoms with E-state index in [1.807, 2.05) is 6.07 Å². The van der Waals surface area contributed by atoms with E-state index in [1.165, 1.54) is 0 Å². The van der Waals surface area contributed by atoms with Crippen LogP contribution in [-0.4, -0.2) is 34.7 Å². The highest BCUT2D eigenvalue weighted by Gasteiger charge is 2.45. The SMILES string of the molecule is OC1(Cc2ccncc2Cl)CCC2(CC1)OCCO2. The molecule has 0 amide bonds. The third-order valence-electron chi connectivity index (χ3n) is 4.13. The summed E-state index contributed by atoms with van der Waals surface area (Å²) in [4.78, 5) is 3.97. The van der Waals surface area contributed by atoms with Gasteiger partial charge in [-0.3, -0.25) is 4.98 Å². The van der Waals surface area contributed by atoms with E-state index in [-0.39, 0.29) is 0 Å². The van der Waals surface area contributed by atoms with Gasteiger partial charge in [-0.2, -0.15) is 0 Å². The van der Waals surface area contributed by atoms with Crippen LogP contribution in [-0.2, 0) is 15.9 Å². The van der Waals surface area contributed by atoms with Gasteiger partial charge in [-0.15, -0.1) is 0 Å². The van der Waals surface area contributed by atoms with E-state index in [2.05, 4.69) is 4.98 Å². The van der Waals surface area contributed by atoms with Crippen LogP contribution >= 0.6 is 11.6 Å². The molecule has 5 heteroatoms. The third-order valence-corrected chi connectivity index (χ3v) is 4.47. The zero-order valence-electron chi connectivity index (χ0n) is 10.8. The van der Waals surface area contributed by atoms with Crippen molar-refractivity contribution in [1.82, 2.24) is 4.98 Å². The average Bonchev–Trinajstić information content (AvgIpc) is 2.86. The molecule has 0 unspecified atom stereocenters. The van der Waals surface area contributed by atoms with Crippen molar-refractivity contribution in [2.24, 2.45) is 0 Å². The molecule has 1 saturated carbocycles. The van der Waals surface area contributed by atoms with Gasteiger partial charge in [0.1, 0.15) is 0 Å². The number of rotatable bonds is 2. The molecule has 3 rings (SSSR count). The Kier molecular flexibility index (Phi) is 3.52. The molecule has 1 spiro atoms. The van der Waals surface area contributed by atoms with E-state index >= 15 is 0 Å². The van der Waals surface area contributed by atoms with Gasteiger partial charge in [0.2, 0.25) is 0 Å². The molecular weight excluding hydrogens is 266 g/mol. The lowest BCUT2D eigenvalue weighted by Gasteiger charge is -2.40. The van der Waals surface area contributed by atoms with Gasteiger partial charge in [-0.1, -0.05) is 11.6 Å². The van der Waals surface area contributed by atoms with Crippen molar-refractivity contribution < 1.29 is 14.6 Å². The highest BCUT2D eigenvalue weighted by Crippen LogP contribution is 2.41. The maximum atomic E-state index is 10.7. The summed E-state index contributed by atoms with van der Waals surface area (Å²) in [5.41, 5.74) is 0.231. The van der Waals surface area contributed by atoms with Gasteiger partial charge in [-0.25, -0.2) is 0 Å². The number of aromatic nitrogens is 1. The molecule has 2 fully saturated rings. The molecule has 0 aromatic carbocycles. The van der Waals surface area contributed by atoms with Crippen molar-refractivity contribution in [2.75, 3.05) is 13.2 Å². The monoisotopic (exact) mass is 283 g/mol. The smallest absolute Gasteiger partial charge is 0.168 e. The number of aliphatic hydroxyl groups is 1. The van der Waals surface area contributed by atoms with Crippen LogP contribution in [0.1, 0.15) is 31.2 Å². The summed E-state index contributed by atoms with van der Waals surface area (Å²) >= 11 is 6.10. The summed E-state index contributed by atoms with van der Waals surface area (Å²) in [7, 11) is 0. The van der Waals surface area contributed by atoms with Gasteiger partial charge in [0.25, 0.3) is 0 Å². The molecule has 104 valence electrons. The molecule has 1 aromatic rings. The quantitative estimate of drug-likeness (QED) is 0.905. The molecule has 0 radical (unpaired) electrons. The van der Waals surface area contributed by atoms with Crippen molar-refractivity contribution in [1.29, 1.82) is 0 Å². The lowest BCUT2D eigenvalue weighted by Crippen LogP contribution is -2.44. The molecule has 1 saturated heterocycles. The second kappa shape index (κ2) is 5.02. The van der Waals surface area contributed by atoms with Crippen LogP contribution in [0.3, 0.4) is 0 Å². The first-order valence-corrected chi connectivity index (χ1v) is 7.07. The summed E-state index contributed by atoms with van der Waals surface area (Å²) in [6.07, 6.45) is 6.71. The minimum Gasteiger partial charge on any atom is -0.390 e. The normalized spacial score (nSPS) is 24.7. The van der Waals surface area contributed by atoms with Crippen LogP contribution in [0.15, 0.2) is 18.5 Å². The summed E-state index contributed by atoms with van der Waals surface area (Å²) in [6, 6.07) is 1.87. The molecule has 2 aliphatic rings. The lowest BCUT2D eigenvalue weighted by atomic mass is 9.78. The molecule has 1 N–H and O–H groups in total. The van der Waals surface area contributed by atoms with E-state index in [4.69, 9.17) is 21.1 Å². The van der Waals surface area contributed by atoms with Crippen LogP contribution in [0.25, 0.3) is 0 Å². The summed E-state index contributed by atoms with van der Waals surface area (Å²) in [5, 5.41) is 11.3. The van der Waals surface area contributed by atoms with E-state index in [9.17, 15) is 5.11 Å². The fourth-order valence-electron chi connectivity index (χ4n) is 2.96. The number of ether oxygens (including phenoxy) is 2. The first-order valence-electron chi connectivity index (χ1n) is 6.70. The standard InChI is InChI=1S/C14H18ClNO3/c15-12-10-16-6-1-11(12)9-13(17)2-4-14(5-3-13)18-7-8-19-14/h1,6,10,17H,2-5,7-9H2. The van der Waals surface area contributed by atoms with Gasteiger partial charge in [0, 0.05) is 31.7 Å². The largest absolute Gasteiger partial charge is 0.390 e. The minimum atomic E-state index is -0.717. The summed E-state index contributed by atoms with van der Waals surface area (Å²) in [5.74, 6) is -0.436. The zero-order valence-corrected chi connectivity index (χ0v) is 11.5. The minimum absolute atomic E-state index is 0.436. The summed E-state index contributed by atoms with van der Waals surface area (Å²) < 4.78 is 11.4. The van der Waals surface area contributed by atoms with Gasteiger partial charge in [-0.05, 0) is 24.5 Å². The van der Waals surface area contributed by atoms with Gasteiger partial charge in [0.15, 0.2) is 5.79 Å². The molecular formula is C14H18ClNO3. The Hall–Kier alpha value is -0.680. The lowest BCUT2D eigenvalue weighted by molar-refractivity contribution is -0.202. The molecule has 19 heavy (non-hydrogen) atoms. The van der Waals surface area contributed by atoms with E-state index < -0.39 is 11.4 Å². The van der Waals surface area contributed by atoms with E-state index in [1.54, 1.807) is 12.4 Å². The third kappa shape index (κ3) is 2.77. The Labute approximate surface area is 117 Å². The van der Waals surface area contributed by atoms with Crippen molar-refractivity contribution >= 4 is 11.6 Å². The highest BCUT2D eigenvalue weighted by molar-refractivity contribution is 6.31. The Morgan fingerprint density at radius 2 is 1.89 bits per heavy atom. The van der Waals surface area contributed by atoms with Crippen LogP contribution in [0.5, 0.6) is 0 Å². The Morgan fingerprint density at radius 1 is 1.21 bits per heavy atom. The molecule has 0 atom stereocenters. The fourth-order valence-corrected chi connectivity index (χ4v) is 3.15. The van der Waals surface area contributed by atoms with E-state index in [0.29, 0.717) is 37.5 Å². The predicted octanol–water partition coefficient (Wildman–Crippen LogP) is 2.33. The molecule has 4 nitrogen and oxygen atoms in total. The summed E-state index contributed by atoms with van der Waals surface area (Å²) in [6.45, 7) is 1.32. The number of halogens is 1. The van der Waals surface area contributed by atoms with Crippen molar-refractivity contribution in [3.05, 3.63) is 29.0 Å². The number of hydrogen-bond acceptors (Lipinski definition) is 4. The Balaban J connectivity index is 1.67. The van der Waals surface area contributed by atoms with Crippen LogP contribution < -0.4 is 0 Å². The second-order valence-corrected chi connectivity index (χ2v) is 5.88. The maximum absolute atomic E-state index is 10.7. The van der Waals surface area contributed by atoms with Crippen molar-refractivity contribution in [2.45, 2.75) is 43.5 Å². The number of hydrogen-bond donors (Lipinski definition) is 1. The van der Waals surface area contributed by atoms with Crippen LogP contribution in [0, 0.1) is 0 Å². The number of nitrogens with zero attached hydrogens (tertiary/aromatic N) is 1. The second-order valence-electron chi connectivity index (χ2n) is 5.48. The Morgan fingerprint density at radius 3 is 2.53 bits per heavy atom. The zero-order chi connectivity index (χ0) is 13.3. The molecule has 1 aromatic heterocycles. The van der Waals surface area contributed by atoms with Crippen LogP contribution in [0.4, 0.5) is 0 Å². The van der Waals surface area contributed by atoms with Crippen LogP contribution in [0.2, 0.25) is 5.02 Å². The molecule has 0 bridgehead atoms. The first kappa shape index (κ1) is 13.3. The van der Waals surface area contributed by atoms with E-state index in [0.717, 1.165) is 18.4 Å². The predicted molar refractivity (Wildman–Crippen MR) is 71.0 cm³/mol. The average molecular weight is 284 g/mol. The molecule has 1 aliphatic heterocycles. The van der Waals surface area contributed by atoms with Crippen molar-refractivity contribution in [3.63, 3.8) is 0 Å². The first-order chi connectivity index (χ1) is 9.11. The van der Waals surface area contributed by atoms with Gasteiger partial charge < -0.3 is 14.6 Å². The van der Waals surface area contributed by atoms with Gasteiger partial charge >= 0.3 is 0 Å². The Bertz CT molecular complexity index is 450. The van der Waals surface area contributed by atoms with Gasteiger partial charge in [0.05, 0.1) is 23.8 Å².